The molecule has 1 aromatic rings. The topological polar surface area (TPSA) is 62.2 Å². The number of rotatable bonds is 4. The van der Waals surface area contributed by atoms with Gasteiger partial charge in [0.25, 0.3) is 0 Å². The molecular formula is C14H20N2O2S. The molecule has 2 atom stereocenters. The van der Waals surface area contributed by atoms with E-state index in [0.29, 0.717) is 12.5 Å². The largest absolute Gasteiger partial charge is 0.393 e. The minimum Gasteiger partial charge on any atom is -0.393 e. The fraction of sp³-hybridized carbons (Fsp3) is 0.571. The second kappa shape index (κ2) is 6.82. The number of aliphatic hydroxyl groups is 1. The van der Waals surface area contributed by atoms with Crippen molar-refractivity contribution in [2.24, 2.45) is 5.92 Å². The third-order valence-electron chi connectivity index (χ3n) is 3.36. The first-order chi connectivity index (χ1) is 9.13. The predicted molar refractivity (Wildman–Crippen MR) is 76.9 cm³/mol. The molecule has 1 fully saturated rings. The molecule has 0 aliphatic heterocycles. The summed E-state index contributed by atoms with van der Waals surface area (Å²) in [5.74, 6) is 0.331. The number of hydrogen-bond acceptors (Lipinski definition) is 4. The summed E-state index contributed by atoms with van der Waals surface area (Å²) in [5.41, 5.74) is 0. The average molecular weight is 280 g/mol. The molecule has 0 radical (unpaired) electrons. The molecule has 1 saturated carbocycles. The standard InChI is InChI=1S/C14H20N2O2S/c1-10-15-9-13(19-10)5-6-14(18)16-8-11-3-2-4-12(17)7-11/h5-6,9,11-12,17H,2-4,7-8H2,1H3,(H,16,18)/b6-5+. The van der Waals surface area contributed by atoms with Gasteiger partial charge in [-0.25, -0.2) is 4.98 Å². The van der Waals surface area contributed by atoms with Gasteiger partial charge in [0.05, 0.1) is 11.1 Å². The summed E-state index contributed by atoms with van der Waals surface area (Å²) in [6.07, 6.45) is 8.76. The van der Waals surface area contributed by atoms with Crippen LogP contribution < -0.4 is 5.32 Å². The van der Waals surface area contributed by atoms with E-state index < -0.39 is 0 Å². The van der Waals surface area contributed by atoms with Gasteiger partial charge in [0, 0.05) is 23.7 Å². The number of aliphatic hydroxyl groups excluding tert-OH is 1. The van der Waals surface area contributed by atoms with Crippen LogP contribution in [0.2, 0.25) is 0 Å². The van der Waals surface area contributed by atoms with Gasteiger partial charge in [0.1, 0.15) is 0 Å². The van der Waals surface area contributed by atoms with Gasteiger partial charge in [-0.05, 0) is 38.2 Å². The summed E-state index contributed by atoms with van der Waals surface area (Å²) < 4.78 is 0. The molecule has 1 amide bonds. The maximum atomic E-state index is 11.7. The summed E-state index contributed by atoms with van der Waals surface area (Å²) in [6, 6.07) is 0. The van der Waals surface area contributed by atoms with Crippen molar-refractivity contribution in [3.05, 3.63) is 22.2 Å². The van der Waals surface area contributed by atoms with E-state index in [1.165, 1.54) is 0 Å². The Hall–Kier alpha value is -1.20. The number of thiazole rings is 1. The molecule has 5 heteroatoms. The van der Waals surface area contributed by atoms with Crippen LogP contribution in [0.5, 0.6) is 0 Å². The SMILES string of the molecule is Cc1ncc(/C=C/C(=O)NCC2CCCC(O)C2)s1. The van der Waals surface area contributed by atoms with Gasteiger partial charge in [-0.3, -0.25) is 4.79 Å². The molecule has 2 N–H and O–H groups in total. The quantitative estimate of drug-likeness (QED) is 0.831. The lowest BCUT2D eigenvalue weighted by Crippen LogP contribution is -2.31. The van der Waals surface area contributed by atoms with Crippen molar-refractivity contribution in [1.29, 1.82) is 0 Å². The molecule has 0 saturated heterocycles. The first-order valence-electron chi connectivity index (χ1n) is 6.70. The van der Waals surface area contributed by atoms with E-state index in [1.54, 1.807) is 29.7 Å². The fourth-order valence-corrected chi connectivity index (χ4v) is 3.05. The Morgan fingerprint density at radius 1 is 1.63 bits per heavy atom. The van der Waals surface area contributed by atoms with E-state index in [0.717, 1.165) is 35.6 Å². The number of aryl methyl sites for hydroxylation is 1. The molecule has 4 nitrogen and oxygen atoms in total. The van der Waals surface area contributed by atoms with Crippen molar-refractivity contribution in [2.45, 2.75) is 38.7 Å². The number of carbonyl (C=O) groups is 1. The first kappa shape index (κ1) is 14.2. The van der Waals surface area contributed by atoms with Crippen LogP contribution in [-0.4, -0.2) is 28.6 Å². The summed E-state index contributed by atoms with van der Waals surface area (Å²) in [5, 5.41) is 13.5. The normalized spacial score (nSPS) is 23.7. The van der Waals surface area contributed by atoms with Crippen molar-refractivity contribution in [1.82, 2.24) is 10.3 Å². The molecule has 1 aliphatic carbocycles. The van der Waals surface area contributed by atoms with Crippen LogP contribution in [0.3, 0.4) is 0 Å². The molecule has 1 heterocycles. The summed E-state index contributed by atoms with van der Waals surface area (Å²) in [4.78, 5) is 16.8. The molecule has 19 heavy (non-hydrogen) atoms. The lowest BCUT2D eigenvalue weighted by Gasteiger charge is -2.25. The second-order valence-corrected chi connectivity index (χ2v) is 6.31. The minimum absolute atomic E-state index is 0.0777. The molecular weight excluding hydrogens is 260 g/mol. The molecule has 0 aromatic carbocycles. The zero-order valence-corrected chi connectivity index (χ0v) is 11.9. The third-order valence-corrected chi connectivity index (χ3v) is 4.24. The monoisotopic (exact) mass is 280 g/mol. The first-order valence-corrected chi connectivity index (χ1v) is 7.51. The number of amides is 1. The molecule has 0 bridgehead atoms. The van der Waals surface area contributed by atoms with E-state index >= 15 is 0 Å². The molecule has 2 rings (SSSR count). The van der Waals surface area contributed by atoms with Crippen LogP contribution in [0, 0.1) is 12.8 Å². The molecule has 1 aliphatic rings. The van der Waals surface area contributed by atoms with Gasteiger partial charge in [0.15, 0.2) is 0 Å². The molecule has 0 spiro atoms. The van der Waals surface area contributed by atoms with Crippen molar-refractivity contribution < 1.29 is 9.90 Å². The van der Waals surface area contributed by atoms with Gasteiger partial charge in [-0.2, -0.15) is 0 Å². The predicted octanol–water partition coefficient (Wildman–Crippen LogP) is 2.13. The van der Waals surface area contributed by atoms with E-state index in [2.05, 4.69) is 10.3 Å². The maximum Gasteiger partial charge on any atom is 0.244 e. The van der Waals surface area contributed by atoms with Gasteiger partial charge in [0.2, 0.25) is 5.91 Å². The highest BCUT2D eigenvalue weighted by atomic mass is 32.1. The molecule has 2 unspecified atom stereocenters. The van der Waals surface area contributed by atoms with E-state index in [-0.39, 0.29) is 12.0 Å². The summed E-state index contributed by atoms with van der Waals surface area (Å²) >= 11 is 1.57. The number of nitrogens with zero attached hydrogens (tertiary/aromatic N) is 1. The van der Waals surface area contributed by atoms with Crippen LogP contribution in [0.4, 0.5) is 0 Å². The Balaban J connectivity index is 1.73. The van der Waals surface area contributed by atoms with Crippen LogP contribution >= 0.6 is 11.3 Å². The van der Waals surface area contributed by atoms with E-state index in [4.69, 9.17) is 0 Å². The van der Waals surface area contributed by atoms with Gasteiger partial charge >= 0.3 is 0 Å². The Labute approximate surface area is 117 Å². The fourth-order valence-electron chi connectivity index (χ4n) is 2.36. The summed E-state index contributed by atoms with van der Waals surface area (Å²) in [6.45, 7) is 2.60. The van der Waals surface area contributed by atoms with Crippen molar-refractivity contribution in [3.8, 4) is 0 Å². The Morgan fingerprint density at radius 3 is 3.16 bits per heavy atom. The maximum absolute atomic E-state index is 11.7. The number of nitrogens with one attached hydrogen (secondary N) is 1. The highest BCUT2D eigenvalue weighted by molar-refractivity contribution is 7.12. The van der Waals surface area contributed by atoms with Crippen molar-refractivity contribution in [2.75, 3.05) is 6.54 Å². The van der Waals surface area contributed by atoms with E-state index in [9.17, 15) is 9.90 Å². The number of aromatic nitrogens is 1. The second-order valence-electron chi connectivity index (χ2n) is 5.05. The Morgan fingerprint density at radius 2 is 2.47 bits per heavy atom. The van der Waals surface area contributed by atoms with E-state index in [1.807, 2.05) is 6.92 Å². The molecule has 1 aromatic heterocycles. The zero-order chi connectivity index (χ0) is 13.7. The van der Waals surface area contributed by atoms with Crippen molar-refractivity contribution >= 4 is 23.3 Å². The number of hydrogen-bond donors (Lipinski definition) is 2. The zero-order valence-electron chi connectivity index (χ0n) is 11.1. The average Bonchev–Trinajstić information content (AvgIpc) is 2.80. The van der Waals surface area contributed by atoms with Crippen molar-refractivity contribution in [3.63, 3.8) is 0 Å². The van der Waals surface area contributed by atoms with Crippen LogP contribution in [0.15, 0.2) is 12.3 Å². The summed E-state index contributed by atoms with van der Waals surface area (Å²) in [7, 11) is 0. The highest BCUT2D eigenvalue weighted by Gasteiger charge is 2.19. The lowest BCUT2D eigenvalue weighted by molar-refractivity contribution is -0.116. The van der Waals surface area contributed by atoms with Crippen LogP contribution in [-0.2, 0) is 4.79 Å². The smallest absolute Gasteiger partial charge is 0.244 e. The van der Waals surface area contributed by atoms with Crippen LogP contribution in [0.25, 0.3) is 6.08 Å². The highest BCUT2D eigenvalue weighted by Crippen LogP contribution is 2.23. The third kappa shape index (κ3) is 4.76. The van der Waals surface area contributed by atoms with Gasteiger partial charge in [-0.15, -0.1) is 11.3 Å². The van der Waals surface area contributed by atoms with Crippen LogP contribution in [0.1, 0.15) is 35.6 Å². The lowest BCUT2D eigenvalue weighted by atomic mass is 9.87. The minimum atomic E-state index is -0.189. The van der Waals surface area contributed by atoms with Gasteiger partial charge in [-0.1, -0.05) is 6.42 Å². The van der Waals surface area contributed by atoms with Gasteiger partial charge < -0.3 is 10.4 Å². The number of carbonyl (C=O) groups excluding carboxylic acids is 1. The molecule has 104 valence electrons. The Kier molecular flexibility index (Phi) is 5.10. The Bertz CT molecular complexity index is 456.